The van der Waals surface area contributed by atoms with Crippen LogP contribution in [0, 0.1) is 12.8 Å². The lowest BCUT2D eigenvalue weighted by atomic mass is 9.98. The lowest BCUT2D eigenvalue weighted by molar-refractivity contribution is 0.167. The molecular weight excluding hydrogens is 214 g/mol. The number of aromatic nitrogens is 1. The average Bonchev–Trinajstić information content (AvgIpc) is 2.34. The van der Waals surface area contributed by atoms with E-state index in [1.54, 1.807) is 6.07 Å². The first-order valence-corrected chi connectivity index (χ1v) is 6.27. The van der Waals surface area contributed by atoms with Crippen molar-refractivity contribution in [2.45, 2.75) is 26.3 Å². The van der Waals surface area contributed by atoms with Crippen LogP contribution in [0.5, 0.6) is 5.75 Å². The summed E-state index contributed by atoms with van der Waals surface area (Å²) in [4.78, 5) is 6.73. The van der Waals surface area contributed by atoms with Gasteiger partial charge in [0.25, 0.3) is 0 Å². The van der Waals surface area contributed by atoms with Crippen molar-refractivity contribution in [2.24, 2.45) is 11.7 Å². The topological polar surface area (TPSA) is 62.4 Å². The molecule has 0 bridgehead atoms. The first-order valence-electron chi connectivity index (χ1n) is 6.27. The number of aryl methyl sites for hydroxylation is 1. The van der Waals surface area contributed by atoms with Gasteiger partial charge in [0.1, 0.15) is 5.75 Å². The van der Waals surface area contributed by atoms with Gasteiger partial charge in [-0.05, 0) is 50.9 Å². The molecule has 0 amide bonds. The highest BCUT2D eigenvalue weighted by Gasteiger charge is 2.19. The Kier molecular flexibility index (Phi) is 3.97. The van der Waals surface area contributed by atoms with Gasteiger partial charge in [0.2, 0.25) is 0 Å². The zero-order valence-electron chi connectivity index (χ0n) is 10.4. The molecule has 1 fully saturated rings. The lowest BCUT2D eigenvalue weighted by Crippen LogP contribution is -2.38. The molecule has 0 radical (unpaired) electrons. The Balaban J connectivity index is 2.02. The normalized spacial score (nSPS) is 21.6. The minimum absolute atomic E-state index is 0.297. The van der Waals surface area contributed by atoms with Crippen LogP contribution in [0.4, 0.5) is 0 Å². The van der Waals surface area contributed by atoms with Crippen molar-refractivity contribution in [2.75, 3.05) is 19.6 Å². The summed E-state index contributed by atoms with van der Waals surface area (Å²) in [5.41, 5.74) is 7.45. The van der Waals surface area contributed by atoms with Crippen LogP contribution in [0.15, 0.2) is 12.1 Å². The maximum absolute atomic E-state index is 9.77. The second-order valence-corrected chi connectivity index (χ2v) is 4.90. The van der Waals surface area contributed by atoms with Crippen molar-refractivity contribution < 1.29 is 5.11 Å². The van der Waals surface area contributed by atoms with Crippen molar-refractivity contribution in [1.82, 2.24) is 9.88 Å². The monoisotopic (exact) mass is 235 g/mol. The van der Waals surface area contributed by atoms with Gasteiger partial charge in [-0.15, -0.1) is 0 Å². The number of piperidine rings is 1. The third-order valence-corrected chi connectivity index (χ3v) is 3.40. The van der Waals surface area contributed by atoms with Gasteiger partial charge >= 0.3 is 0 Å². The molecule has 0 aromatic carbocycles. The summed E-state index contributed by atoms with van der Waals surface area (Å²) in [6.45, 7) is 5.52. The number of aromatic hydroxyl groups is 1. The summed E-state index contributed by atoms with van der Waals surface area (Å²) in [5, 5.41) is 9.77. The zero-order valence-corrected chi connectivity index (χ0v) is 10.4. The Morgan fingerprint density at radius 3 is 3.12 bits per heavy atom. The minimum Gasteiger partial charge on any atom is -0.506 e. The molecule has 0 spiro atoms. The SMILES string of the molecule is Cc1ccc(O)c(CN2CCCC(CN)C2)n1. The van der Waals surface area contributed by atoms with Crippen LogP contribution in [-0.4, -0.2) is 34.6 Å². The molecule has 94 valence electrons. The predicted molar refractivity (Wildman–Crippen MR) is 67.7 cm³/mol. The number of nitrogens with two attached hydrogens (primary N) is 1. The van der Waals surface area contributed by atoms with Gasteiger partial charge in [0.05, 0.1) is 5.69 Å². The second kappa shape index (κ2) is 5.47. The van der Waals surface area contributed by atoms with E-state index >= 15 is 0 Å². The summed E-state index contributed by atoms with van der Waals surface area (Å²) in [6.07, 6.45) is 2.41. The van der Waals surface area contributed by atoms with E-state index < -0.39 is 0 Å². The van der Waals surface area contributed by atoms with Crippen LogP contribution < -0.4 is 5.73 Å². The number of rotatable bonds is 3. The fourth-order valence-electron chi connectivity index (χ4n) is 2.42. The molecule has 1 aliphatic rings. The van der Waals surface area contributed by atoms with E-state index in [9.17, 15) is 5.11 Å². The minimum atomic E-state index is 0.297. The molecule has 4 heteroatoms. The van der Waals surface area contributed by atoms with Gasteiger partial charge in [-0.25, -0.2) is 0 Å². The molecule has 3 N–H and O–H groups in total. The predicted octanol–water partition coefficient (Wildman–Crippen LogP) is 1.27. The molecule has 0 saturated carbocycles. The molecule has 1 aromatic rings. The fourth-order valence-corrected chi connectivity index (χ4v) is 2.42. The summed E-state index contributed by atoms with van der Waals surface area (Å²) >= 11 is 0. The van der Waals surface area contributed by atoms with Crippen LogP contribution in [0.1, 0.15) is 24.2 Å². The third-order valence-electron chi connectivity index (χ3n) is 3.40. The van der Waals surface area contributed by atoms with Crippen LogP contribution in [0.25, 0.3) is 0 Å². The number of nitrogens with zero attached hydrogens (tertiary/aromatic N) is 2. The molecule has 17 heavy (non-hydrogen) atoms. The largest absolute Gasteiger partial charge is 0.506 e. The molecular formula is C13H21N3O. The van der Waals surface area contributed by atoms with Crippen molar-refractivity contribution in [3.8, 4) is 5.75 Å². The van der Waals surface area contributed by atoms with Crippen molar-refractivity contribution in [3.63, 3.8) is 0 Å². The van der Waals surface area contributed by atoms with Crippen LogP contribution in [-0.2, 0) is 6.54 Å². The van der Waals surface area contributed by atoms with E-state index in [0.29, 0.717) is 11.7 Å². The smallest absolute Gasteiger partial charge is 0.138 e. The Morgan fingerprint density at radius 2 is 2.35 bits per heavy atom. The highest BCUT2D eigenvalue weighted by molar-refractivity contribution is 5.27. The summed E-state index contributed by atoms with van der Waals surface area (Å²) in [5.74, 6) is 0.890. The van der Waals surface area contributed by atoms with Crippen LogP contribution >= 0.6 is 0 Å². The molecule has 1 aliphatic heterocycles. The Labute approximate surface area is 102 Å². The van der Waals surface area contributed by atoms with E-state index in [1.807, 2.05) is 13.0 Å². The Morgan fingerprint density at radius 1 is 1.53 bits per heavy atom. The number of pyridine rings is 1. The molecule has 2 rings (SSSR count). The van der Waals surface area contributed by atoms with E-state index in [0.717, 1.165) is 37.6 Å². The Bertz CT molecular complexity index is 381. The zero-order chi connectivity index (χ0) is 12.3. The van der Waals surface area contributed by atoms with Gasteiger partial charge in [-0.2, -0.15) is 0 Å². The number of likely N-dealkylation sites (tertiary alicyclic amines) is 1. The molecule has 1 unspecified atom stereocenters. The van der Waals surface area contributed by atoms with E-state index in [1.165, 1.54) is 12.8 Å². The highest BCUT2D eigenvalue weighted by Crippen LogP contribution is 2.21. The maximum atomic E-state index is 9.77. The van der Waals surface area contributed by atoms with Gasteiger partial charge in [0, 0.05) is 18.8 Å². The molecule has 0 aliphatic carbocycles. The highest BCUT2D eigenvalue weighted by atomic mass is 16.3. The summed E-state index contributed by atoms with van der Waals surface area (Å²) < 4.78 is 0. The first kappa shape index (κ1) is 12.3. The standard InChI is InChI=1S/C13H21N3O/c1-10-4-5-13(17)12(15-10)9-16-6-2-3-11(7-14)8-16/h4-5,11,17H,2-3,6-9,14H2,1H3. The molecule has 1 saturated heterocycles. The Hall–Kier alpha value is -1.13. The van der Waals surface area contributed by atoms with E-state index in [2.05, 4.69) is 9.88 Å². The number of hydrogen-bond acceptors (Lipinski definition) is 4. The van der Waals surface area contributed by atoms with E-state index in [-0.39, 0.29) is 0 Å². The lowest BCUT2D eigenvalue weighted by Gasteiger charge is -2.31. The van der Waals surface area contributed by atoms with Gasteiger partial charge < -0.3 is 10.8 Å². The van der Waals surface area contributed by atoms with Crippen molar-refractivity contribution in [3.05, 3.63) is 23.5 Å². The van der Waals surface area contributed by atoms with Crippen LogP contribution in [0.3, 0.4) is 0 Å². The molecule has 1 atom stereocenters. The summed E-state index contributed by atoms with van der Waals surface area (Å²) in [6, 6.07) is 3.56. The first-order chi connectivity index (χ1) is 8.19. The molecule has 2 heterocycles. The van der Waals surface area contributed by atoms with Gasteiger partial charge in [0.15, 0.2) is 0 Å². The van der Waals surface area contributed by atoms with Gasteiger partial charge in [-0.3, -0.25) is 9.88 Å². The fraction of sp³-hybridized carbons (Fsp3) is 0.615. The second-order valence-electron chi connectivity index (χ2n) is 4.90. The van der Waals surface area contributed by atoms with Crippen molar-refractivity contribution >= 4 is 0 Å². The molecule has 1 aromatic heterocycles. The molecule has 4 nitrogen and oxygen atoms in total. The van der Waals surface area contributed by atoms with Crippen molar-refractivity contribution in [1.29, 1.82) is 0 Å². The quantitative estimate of drug-likeness (QED) is 0.828. The summed E-state index contributed by atoms with van der Waals surface area (Å²) in [7, 11) is 0. The van der Waals surface area contributed by atoms with Crippen LogP contribution in [0.2, 0.25) is 0 Å². The third kappa shape index (κ3) is 3.17. The average molecular weight is 235 g/mol. The van der Waals surface area contributed by atoms with E-state index in [4.69, 9.17) is 5.73 Å². The maximum Gasteiger partial charge on any atom is 0.138 e. The van der Waals surface area contributed by atoms with Gasteiger partial charge in [-0.1, -0.05) is 0 Å². The number of hydrogen-bond donors (Lipinski definition) is 2.